The van der Waals surface area contributed by atoms with Gasteiger partial charge in [0.05, 0.1) is 5.69 Å². The molecule has 0 fully saturated rings. The molecule has 5 heteroatoms. The minimum Gasteiger partial charge on any atom is -0.329 e. The lowest BCUT2D eigenvalue weighted by molar-refractivity contribution is 0.251. The summed E-state index contributed by atoms with van der Waals surface area (Å²) in [6.07, 6.45) is 1.81. The van der Waals surface area contributed by atoms with E-state index in [1.165, 1.54) is 0 Å². The van der Waals surface area contributed by atoms with Crippen molar-refractivity contribution in [2.24, 2.45) is 5.73 Å². The smallest absolute Gasteiger partial charge is 0.0686 e. The monoisotopic (exact) mass is 335 g/mol. The maximum Gasteiger partial charge on any atom is 0.0686 e. The van der Waals surface area contributed by atoms with Gasteiger partial charge in [0.15, 0.2) is 0 Å². The Labute approximate surface area is 107 Å². The second-order valence-electron chi connectivity index (χ2n) is 3.58. The zero-order valence-electron chi connectivity index (χ0n) is 8.87. The highest BCUT2D eigenvalue weighted by Gasteiger charge is 2.10. The zero-order chi connectivity index (χ0) is 11.4. The first-order valence-electron chi connectivity index (χ1n) is 4.74. The van der Waals surface area contributed by atoms with E-state index in [9.17, 15) is 0 Å². The van der Waals surface area contributed by atoms with Crippen LogP contribution < -0.4 is 5.73 Å². The van der Waals surface area contributed by atoms with Gasteiger partial charge in [0, 0.05) is 34.3 Å². The Bertz CT molecular complexity index is 330. The molecule has 2 N–H and O–H groups in total. The third-order valence-electron chi connectivity index (χ3n) is 2.38. The largest absolute Gasteiger partial charge is 0.329 e. The second-order valence-corrected chi connectivity index (χ2v) is 5.35. The summed E-state index contributed by atoms with van der Waals surface area (Å²) in [6.45, 7) is 3.56. The van der Waals surface area contributed by atoms with Crippen LogP contribution in [0.3, 0.4) is 0 Å². The highest BCUT2D eigenvalue weighted by molar-refractivity contribution is 9.11. The van der Waals surface area contributed by atoms with Gasteiger partial charge in [-0.15, -0.1) is 0 Å². The number of pyridine rings is 1. The van der Waals surface area contributed by atoms with E-state index in [-0.39, 0.29) is 0 Å². The summed E-state index contributed by atoms with van der Waals surface area (Å²) in [7, 11) is 2.05. The molecule has 0 spiro atoms. The maximum absolute atomic E-state index is 5.61. The standard InChI is InChI=1S/C10H15Br2N3/c1-7(4-13)15(2)6-10-9(12)3-8(11)5-14-10/h3,5,7H,4,6,13H2,1-2H3. The number of likely N-dealkylation sites (N-methyl/N-ethyl adjacent to an activating group) is 1. The first-order valence-corrected chi connectivity index (χ1v) is 6.33. The first kappa shape index (κ1) is 13.1. The normalized spacial score (nSPS) is 13.2. The Morgan fingerprint density at radius 3 is 2.73 bits per heavy atom. The number of nitrogens with two attached hydrogens (primary N) is 1. The number of hydrogen-bond acceptors (Lipinski definition) is 3. The summed E-state index contributed by atoms with van der Waals surface area (Å²) < 4.78 is 2.00. The molecule has 15 heavy (non-hydrogen) atoms. The second kappa shape index (κ2) is 5.94. The van der Waals surface area contributed by atoms with E-state index >= 15 is 0 Å². The lowest BCUT2D eigenvalue weighted by Gasteiger charge is -2.23. The van der Waals surface area contributed by atoms with Crippen molar-refractivity contribution in [3.8, 4) is 0 Å². The lowest BCUT2D eigenvalue weighted by Crippen LogP contribution is -2.35. The molecule has 1 aromatic heterocycles. The van der Waals surface area contributed by atoms with Crippen molar-refractivity contribution in [1.82, 2.24) is 9.88 Å². The predicted octanol–water partition coefficient (Wildman–Crippen LogP) is 2.39. The number of aromatic nitrogens is 1. The molecule has 1 heterocycles. The molecular formula is C10H15Br2N3. The van der Waals surface area contributed by atoms with Crippen LogP contribution >= 0.6 is 31.9 Å². The molecule has 0 bridgehead atoms. The molecule has 0 aromatic carbocycles. The maximum atomic E-state index is 5.61. The fourth-order valence-electron chi connectivity index (χ4n) is 1.13. The molecule has 0 saturated heterocycles. The zero-order valence-corrected chi connectivity index (χ0v) is 12.0. The third kappa shape index (κ3) is 3.83. The molecule has 0 aliphatic rings. The highest BCUT2D eigenvalue weighted by Crippen LogP contribution is 2.20. The molecule has 1 rings (SSSR count). The van der Waals surface area contributed by atoms with Gasteiger partial charge in [0.2, 0.25) is 0 Å². The van der Waals surface area contributed by atoms with Crippen molar-refractivity contribution in [3.05, 3.63) is 26.9 Å². The third-order valence-corrected chi connectivity index (χ3v) is 3.50. The first-order chi connectivity index (χ1) is 7.04. The van der Waals surface area contributed by atoms with Gasteiger partial charge in [-0.05, 0) is 51.9 Å². The Hall–Kier alpha value is 0.0300. The van der Waals surface area contributed by atoms with Crippen molar-refractivity contribution < 1.29 is 0 Å². The van der Waals surface area contributed by atoms with Gasteiger partial charge >= 0.3 is 0 Å². The Morgan fingerprint density at radius 2 is 2.20 bits per heavy atom. The topological polar surface area (TPSA) is 42.1 Å². The molecule has 0 radical (unpaired) electrons. The van der Waals surface area contributed by atoms with Gasteiger partial charge in [-0.25, -0.2) is 0 Å². The summed E-state index contributed by atoms with van der Waals surface area (Å²) >= 11 is 6.88. The van der Waals surface area contributed by atoms with Crippen LogP contribution in [0.4, 0.5) is 0 Å². The molecule has 0 aliphatic carbocycles. The Balaban J connectivity index is 2.72. The summed E-state index contributed by atoms with van der Waals surface area (Å²) in [6, 6.07) is 2.37. The van der Waals surface area contributed by atoms with Crippen LogP contribution in [0.2, 0.25) is 0 Å². The average molecular weight is 337 g/mol. The average Bonchev–Trinajstić information content (AvgIpc) is 2.20. The van der Waals surface area contributed by atoms with Crippen molar-refractivity contribution in [2.45, 2.75) is 19.5 Å². The quantitative estimate of drug-likeness (QED) is 0.918. The molecule has 0 aliphatic heterocycles. The van der Waals surface area contributed by atoms with Crippen LogP contribution in [0.25, 0.3) is 0 Å². The highest BCUT2D eigenvalue weighted by atomic mass is 79.9. The van der Waals surface area contributed by atoms with Crippen molar-refractivity contribution >= 4 is 31.9 Å². The van der Waals surface area contributed by atoms with Gasteiger partial charge in [0.25, 0.3) is 0 Å². The van der Waals surface area contributed by atoms with Crippen molar-refractivity contribution in [1.29, 1.82) is 0 Å². The van der Waals surface area contributed by atoms with Gasteiger partial charge in [-0.1, -0.05) is 0 Å². The van der Waals surface area contributed by atoms with Crippen LogP contribution in [0.5, 0.6) is 0 Å². The summed E-state index contributed by atoms with van der Waals surface area (Å²) in [5, 5.41) is 0. The van der Waals surface area contributed by atoms with Gasteiger partial charge in [-0.3, -0.25) is 9.88 Å². The van der Waals surface area contributed by atoms with Crippen molar-refractivity contribution in [2.75, 3.05) is 13.6 Å². The molecule has 1 atom stereocenters. The number of rotatable bonds is 4. The fraction of sp³-hybridized carbons (Fsp3) is 0.500. The summed E-state index contributed by atoms with van der Waals surface area (Å²) in [5.41, 5.74) is 6.64. The molecule has 1 unspecified atom stereocenters. The van der Waals surface area contributed by atoms with E-state index in [0.717, 1.165) is 21.2 Å². The Morgan fingerprint density at radius 1 is 1.53 bits per heavy atom. The SMILES string of the molecule is CC(CN)N(C)Cc1ncc(Br)cc1Br. The van der Waals surface area contributed by atoms with Crippen LogP contribution in [0, 0.1) is 0 Å². The molecular weight excluding hydrogens is 322 g/mol. The molecule has 3 nitrogen and oxygen atoms in total. The van der Waals surface area contributed by atoms with Crippen molar-refractivity contribution in [3.63, 3.8) is 0 Å². The fourth-order valence-corrected chi connectivity index (χ4v) is 2.24. The number of hydrogen-bond donors (Lipinski definition) is 1. The van der Waals surface area contributed by atoms with Gasteiger partial charge in [0.1, 0.15) is 0 Å². The van der Waals surface area contributed by atoms with Crippen LogP contribution in [0.1, 0.15) is 12.6 Å². The van der Waals surface area contributed by atoms with E-state index in [0.29, 0.717) is 12.6 Å². The van der Waals surface area contributed by atoms with E-state index in [2.05, 4.69) is 48.7 Å². The predicted molar refractivity (Wildman–Crippen MR) is 69.6 cm³/mol. The minimum absolute atomic E-state index is 0.363. The summed E-state index contributed by atoms with van der Waals surface area (Å²) in [5.74, 6) is 0. The number of halogens is 2. The Kier molecular flexibility index (Phi) is 5.18. The van der Waals surface area contributed by atoms with E-state index < -0.39 is 0 Å². The molecule has 0 saturated carbocycles. The van der Waals surface area contributed by atoms with Crippen LogP contribution in [-0.4, -0.2) is 29.5 Å². The molecule has 0 amide bonds. The van der Waals surface area contributed by atoms with E-state index in [1.54, 1.807) is 6.20 Å². The van der Waals surface area contributed by atoms with Gasteiger partial charge in [-0.2, -0.15) is 0 Å². The van der Waals surface area contributed by atoms with E-state index in [4.69, 9.17) is 5.73 Å². The van der Waals surface area contributed by atoms with Gasteiger partial charge < -0.3 is 5.73 Å². The lowest BCUT2D eigenvalue weighted by atomic mass is 10.2. The van der Waals surface area contributed by atoms with Crippen LogP contribution in [0.15, 0.2) is 21.2 Å². The molecule has 1 aromatic rings. The minimum atomic E-state index is 0.363. The summed E-state index contributed by atoms with van der Waals surface area (Å²) in [4.78, 5) is 6.54. The van der Waals surface area contributed by atoms with Crippen LogP contribution in [-0.2, 0) is 6.54 Å². The molecule has 84 valence electrons. The number of nitrogens with zero attached hydrogens (tertiary/aromatic N) is 2. The van der Waals surface area contributed by atoms with E-state index in [1.807, 2.05) is 13.1 Å².